The van der Waals surface area contributed by atoms with Gasteiger partial charge in [0.1, 0.15) is 15.2 Å². The van der Waals surface area contributed by atoms with Gasteiger partial charge in [0.05, 0.1) is 5.75 Å². The number of hydrogen-bond donors (Lipinski definition) is 1. The highest BCUT2D eigenvalue weighted by molar-refractivity contribution is 7.90. The topological polar surface area (TPSA) is 72.5 Å². The minimum absolute atomic E-state index is 0.0697. The summed E-state index contributed by atoms with van der Waals surface area (Å²) in [4.78, 5) is 11.5. The maximum absolute atomic E-state index is 11.5. The number of ether oxygens (including phenoxy) is 1. The summed E-state index contributed by atoms with van der Waals surface area (Å²) in [6, 6.07) is 0. The van der Waals surface area contributed by atoms with Gasteiger partial charge in [0.2, 0.25) is 5.91 Å². The van der Waals surface area contributed by atoms with E-state index < -0.39 is 20.6 Å². The monoisotopic (exact) mass is 297 g/mol. The number of halogens is 1. The molecule has 1 rings (SSSR count). The van der Waals surface area contributed by atoms with Gasteiger partial charge in [0, 0.05) is 31.4 Å². The lowest BCUT2D eigenvalue weighted by atomic mass is 9.82. The van der Waals surface area contributed by atoms with Gasteiger partial charge in [0.25, 0.3) is 0 Å². The van der Waals surface area contributed by atoms with Gasteiger partial charge in [-0.15, -0.1) is 11.6 Å². The van der Waals surface area contributed by atoms with Crippen LogP contribution in [0.1, 0.15) is 19.8 Å². The Morgan fingerprint density at radius 3 is 2.44 bits per heavy atom. The van der Waals surface area contributed by atoms with Crippen LogP contribution in [0.4, 0.5) is 0 Å². The van der Waals surface area contributed by atoms with E-state index in [1.54, 1.807) is 6.92 Å². The van der Waals surface area contributed by atoms with E-state index in [4.69, 9.17) is 16.3 Å². The maximum atomic E-state index is 11.5. The fourth-order valence-corrected chi connectivity index (χ4v) is 3.73. The highest BCUT2D eigenvalue weighted by Gasteiger charge is 2.36. The Balaban J connectivity index is 2.69. The van der Waals surface area contributed by atoms with Crippen LogP contribution in [0, 0.1) is 5.41 Å². The molecule has 0 aliphatic carbocycles. The fourth-order valence-electron chi connectivity index (χ4n) is 2.15. The molecule has 7 heteroatoms. The summed E-state index contributed by atoms with van der Waals surface area (Å²) in [5.74, 6) is -0.198. The summed E-state index contributed by atoms with van der Waals surface area (Å²) in [5, 5.41) is 2.11. The second-order valence-corrected chi connectivity index (χ2v) is 7.81. The van der Waals surface area contributed by atoms with Crippen molar-refractivity contribution in [3.63, 3.8) is 0 Å². The number of sulfone groups is 1. The van der Waals surface area contributed by atoms with E-state index in [1.807, 2.05) is 0 Å². The van der Waals surface area contributed by atoms with Crippen molar-refractivity contribution in [1.29, 1.82) is 0 Å². The van der Waals surface area contributed by atoms with Gasteiger partial charge >= 0.3 is 0 Å². The molecule has 18 heavy (non-hydrogen) atoms. The molecule has 0 spiro atoms. The quantitative estimate of drug-likeness (QED) is 0.753. The lowest BCUT2D eigenvalue weighted by Gasteiger charge is -2.36. The number of hydrogen-bond acceptors (Lipinski definition) is 4. The van der Waals surface area contributed by atoms with E-state index in [0.29, 0.717) is 32.6 Å². The van der Waals surface area contributed by atoms with Crippen LogP contribution in [0.2, 0.25) is 0 Å². The molecule has 1 aliphatic rings. The lowest BCUT2D eigenvalue weighted by molar-refractivity contribution is -0.121. The molecule has 1 saturated heterocycles. The first-order chi connectivity index (χ1) is 8.24. The lowest BCUT2D eigenvalue weighted by Crippen LogP contribution is -2.46. The molecular formula is C11H20ClNO4S. The Labute approximate surface area is 113 Å². The van der Waals surface area contributed by atoms with E-state index in [1.165, 1.54) is 6.26 Å². The van der Waals surface area contributed by atoms with Crippen molar-refractivity contribution in [3.8, 4) is 0 Å². The SMILES string of the molecule is CC(Cl)C(=O)NCC1(CS(C)(=O)=O)CCOCC1. The first-order valence-electron chi connectivity index (χ1n) is 5.91. The highest BCUT2D eigenvalue weighted by Crippen LogP contribution is 2.31. The fraction of sp³-hybridized carbons (Fsp3) is 0.909. The zero-order valence-corrected chi connectivity index (χ0v) is 12.3. The van der Waals surface area contributed by atoms with Crippen molar-refractivity contribution >= 4 is 27.3 Å². The molecular weight excluding hydrogens is 278 g/mol. The third-order valence-electron chi connectivity index (χ3n) is 3.12. The molecule has 1 atom stereocenters. The van der Waals surface area contributed by atoms with Gasteiger partial charge in [-0.25, -0.2) is 8.42 Å². The minimum Gasteiger partial charge on any atom is -0.381 e. The molecule has 0 radical (unpaired) electrons. The van der Waals surface area contributed by atoms with Crippen molar-refractivity contribution in [2.24, 2.45) is 5.41 Å². The molecule has 1 N–H and O–H groups in total. The standard InChI is InChI=1S/C11H20ClNO4S/c1-9(12)10(14)13-7-11(8-18(2,15)16)3-5-17-6-4-11/h9H,3-8H2,1-2H3,(H,13,14). The molecule has 1 heterocycles. The predicted molar refractivity (Wildman–Crippen MR) is 70.5 cm³/mol. The van der Waals surface area contributed by atoms with Crippen LogP contribution >= 0.6 is 11.6 Å². The zero-order chi connectivity index (χ0) is 13.8. The van der Waals surface area contributed by atoms with E-state index in [9.17, 15) is 13.2 Å². The largest absolute Gasteiger partial charge is 0.381 e. The van der Waals surface area contributed by atoms with Gasteiger partial charge < -0.3 is 10.1 Å². The number of carbonyl (C=O) groups excluding carboxylic acids is 1. The number of rotatable bonds is 5. The Morgan fingerprint density at radius 2 is 2.00 bits per heavy atom. The highest BCUT2D eigenvalue weighted by atomic mass is 35.5. The summed E-state index contributed by atoms with van der Waals surface area (Å²) in [6.07, 6.45) is 2.49. The van der Waals surface area contributed by atoms with Crippen molar-refractivity contribution in [2.75, 3.05) is 31.8 Å². The third-order valence-corrected chi connectivity index (χ3v) is 4.46. The van der Waals surface area contributed by atoms with Gasteiger partial charge in [-0.3, -0.25) is 4.79 Å². The molecule has 1 fully saturated rings. The zero-order valence-electron chi connectivity index (χ0n) is 10.7. The number of carbonyl (C=O) groups is 1. The molecule has 1 aliphatic heterocycles. The van der Waals surface area contributed by atoms with Gasteiger partial charge in [-0.05, 0) is 19.8 Å². The molecule has 1 amide bonds. The van der Waals surface area contributed by atoms with Crippen molar-refractivity contribution in [3.05, 3.63) is 0 Å². The summed E-state index contributed by atoms with van der Waals surface area (Å²) < 4.78 is 28.3. The average molecular weight is 298 g/mol. The molecule has 0 aromatic rings. The summed E-state index contributed by atoms with van der Waals surface area (Å²) >= 11 is 5.67. The molecule has 0 aromatic carbocycles. The van der Waals surface area contributed by atoms with Gasteiger partial charge in [0.15, 0.2) is 0 Å². The second-order valence-electron chi connectivity index (χ2n) is 5.02. The van der Waals surface area contributed by atoms with Gasteiger partial charge in [-0.2, -0.15) is 0 Å². The van der Waals surface area contributed by atoms with Crippen LogP contribution in [-0.4, -0.2) is 51.5 Å². The maximum Gasteiger partial charge on any atom is 0.237 e. The number of alkyl halides is 1. The van der Waals surface area contributed by atoms with Crippen LogP contribution in [-0.2, 0) is 19.4 Å². The van der Waals surface area contributed by atoms with Crippen molar-refractivity contribution < 1.29 is 17.9 Å². The van der Waals surface area contributed by atoms with Crippen molar-refractivity contribution in [1.82, 2.24) is 5.32 Å². The summed E-state index contributed by atoms with van der Waals surface area (Å²) in [6.45, 7) is 2.98. The second kappa shape index (κ2) is 6.21. The number of nitrogens with one attached hydrogen (secondary N) is 1. The smallest absolute Gasteiger partial charge is 0.237 e. The average Bonchev–Trinajstić information content (AvgIpc) is 2.24. The molecule has 0 aromatic heterocycles. The van der Waals surface area contributed by atoms with E-state index in [-0.39, 0.29) is 11.7 Å². The summed E-state index contributed by atoms with van der Waals surface area (Å²) in [7, 11) is -3.09. The molecule has 1 unspecified atom stereocenters. The first-order valence-corrected chi connectivity index (χ1v) is 8.41. The van der Waals surface area contributed by atoms with Crippen LogP contribution in [0.25, 0.3) is 0 Å². The van der Waals surface area contributed by atoms with E-state index in [2.05, 4.69) is 5.32 Å². The van der Waals surface area contributed by atoms with Crippen LogP contribution < -0.4 is 5.32 Å². The normalized spacial score (nSPS) is 21.3. The van der Waals surface area contributed by atoms with Crippen LogP contribution in [0.5, 0.6) is 0 Å². The predicted octanol–water partition coefficient (Wildman–Crippen LogP) is 0.571. The van der Waals surface area contributed by atoms with E-state index in [0.717, 1.165) is 0 Å². The Hall–Kier alpha value is -0.330. The number of amides is 1. The van der Waals surface area contributed by atoms with Crippen LogP contribution in [0.15, 0.2) is 0 Å². The molecule has 5 nitrogen and oxygen atoms in total. The van der Waals surface area contributed by atoms with Crippen molar-refractivity contribution in [2.45, 2.75) is 25.1 Å². The Morgan fingerprint density at radius 1 is 1.44 bits per heavy atom. The summed E-state index contributed by atoms with van der Waals surface area (Å²) in [5.41, 5.74) is -0.423. The first kappa shape index (κ1) is 15.7. The third kappa shape index (κ3) is 5.12. The molecule has 0 saturated carbocycles. The minimum atomic E-state index is -3.09. The molecule has 106 valence electrons. The Kier molecular flexibility index (Phi) is 5.43. The Bertz CT molecular complexity index is 388. The van der Waals surface area contributed by atoms with Gasteiger partial charge in [-0.1, -0.05) is 0 Å². The van der Waals surface area contributed by atoms with Crippen LogP contribution in [0.3, 0.4) is 0 Å². The molecule has 0 bridgehead atoms. The van der Waals surface area contributed by atoms with E-state index >= 15 is 0 Å².